The zero-order chi connectivity index (χ0) is 22.0. The number of nitrogens with one attached hydrogen (secondary N) is 1. The van der Waals surface area contributed by atoms with Crippen molar-refractivity contribution in [3.63, 3.8) is 0 Å². The van der Waals surface area contributed by atoms with Crippen molar-refractivity contribution in [1.29, 1.82) is 0 Å². The third-order valence-corrected chi connectivity index (χ3v) is 7.20. The Morgan fingerprint density at radius 3 is 2.65 bits per heavy atom. The van der Waals surface area contributed by atoms with Gasteiger partial charge in [-0.15, -0.1) is 11.3 Å². The van der Waals surface area contributed by atoms with Crippen LogP contribution in [0.4, 0.5) is 0 Å². The molecular formula is C23H26N4O3S. The SMILES string of the molecule is Cc1ccc(=O)n(CC(=O)NCC2CCC(c3c(C(N)=O)sc4ccccc34)CC2)n1. The fourth-order valence-electron chi connectivity index (χ4n) is 4.42. The van der Waals surface area contributed by atoms with Crippen LogP contribution in [0, 0.1) is 12.8 Å². The lowest BCUT2D eigenvalue weighted by molar-refractivity contribution is -0.122. The van der Waals surface area contributed by atoms with Gasteiger partial charge in [0.05, 0.1) is 10.6 Å². The van der Waals surface area contributed by atoms with Crippen molar-refractivity contribution >= 4 is 33.2 Å². The lowest BCUT2D eigenvalue weighted by Crippen LogP contribution is -2.36. The standard InChI is InChI=1S/C23H26N4O3S/c1-14-6-11-20(29)27(26-14)13-19(28)25-12-15-7-9-16(10-8-15)21-17-4-2-3-5-18(17)31-22(21)23(24)30/h2-6,11,15-16H,7-10,12-13H2,1H3,(H2,24,30)(H,25,28). The number of primary amides is 1. The Balaban J connectivity index is 1.35. The molecule has 3 N–H and O–H groups in total. The zero-order valence-corrected chi connectivity index (χ0v) is 18.3. The minimum absolute atomic E-state index is 0.0707. The Morgan fingerprint density at radius 2 is 1.90 bits per heavy atom. The third kappa shape index (κ3) is 4.69. The quantitative estimate of drug-likeness (QED) is 0.617. The topological polar surface area (TPSA) is 107 Å². The number of nitrogens with zero attached hydrogens (tertiary/aromatic N) is 2. The molecule has 4 rings (SSSR count). The number of rotatable bonds is 6. The summed E-state index contributed by atoms with van der Waals surface area (Å²) in [6.07, 6.45) is 3.85. The number of carbonyl (C=O) groups is 2. The van der Waals surface area contributed by atoms with E-state index in [0.29, 0.717) is 29.0 Å². The molecule has 0 aliphatic heterocycles. The molecule has 0 saturated heterocycles. The first-order valence-electron chi connectivity index (χ1n) is 10.5. The van der Waals surface area contributed by atoms with Crippen molar-refractivity contribution in [2.45, 2.75) is 45.1 Å². The number of hydrogen-bond acceptors (Lipinski definition) is 5. The number of fused-ring (bicyclic) bond motifs is 1. The van der Waals surface area contributed by atoms with Gasteiger partial charge < -0.3 is 11.1 Å². The molecule has 1 saturated carbocycles. The van der Waals surface area contributed by atoms with Crippen LogP contribution >= 0.6 is 11.3 Å². The fraction of sp³-hybridized carbons (Fsp3) is 0.391. The number of benzene rings is 1. The molecule has 31 heavy (non-hydrogen) atoms. The largest absolute Gasteiger partial charge is 0.365 e. The van der Waals surface area contributed by atoms with Crippen molar-refractivity contribution < 1.29 is 9.59 Å². The first-order chi connectivity index (χ1) is 14.9. The molecule has 7 nitrogen and oxygen atoms in total. The van der Waals surface area contributed by atoms with Gasteiger partial charge in [0.15, 0.2) is 0 Å². The molecule has 3 aromatic rings. The van der Waals surface area contributed by atoms with Crippen LogP contribution in [0.5, 0.6) is 0 Å². The van der Waals surface area contributed by atoms with E-state index in [4.69, 9.17) is 5.73 Å². The molecule has 1 aliphatic rings. The molecule has 1 aromatic carbocycles. The molecule has 2 amide bonds. The lowest BCUT2D eigenvalue weighted by atomic mass is 9.78. The molecular weight excluding hydrogens is 412 g/mol. The Kier molecular flexibility index (Phi) is 6.18. The first-order valence-corrected chi connectivity index (χ1v) is 11.4. The highest BCUT2D eigenvalue weighted by atomic mass is 32.1. The monoisotopic (exact) mass is 438 g/mol. The highest BCUT2D eigenvalue weighted by molar-refractivity contribution is 7.21. The summed E-state index contributed by atoms with van der Waals surface area (Å²) in [5.74, 6) is 0.123. The second-order valence-electron chi connectivity index (χ2n) is 8.20. The summed E-state index contributed by atoms with van der Waals surface area (Å²) in [6.45, 7) is 2.30. The fourth-order valence-corrected chi connectivity index (χ4v) is 5.56. The third-order valence-electron chi connectivity index (χ3n) is 5.99. The second-order valence-corrected chi connectivity index (χ2v) is 9.25. The lowest BCUT2D eigenvalue weighted by Gasteiger charge is -2.29. The van der Waals surface area contributed by atoms with Crippen LogP contribution in [0.15, 0.2) is 41.2 Å². The van der Waals surface area contributed by atoms with E-state index in [0.717, 1.165) is 41.3 Å². The Labute approximate surface area is 184 Å². The molecule has 0 unspecified atom stereocenters. The van der Waals surface area contributed by atoms with E-state index < -0.39 is 0 Å². The van der Waals surface area contributed by atoms with Gasteiger partial charge in [-0.25, -0.2) is 4.68 Å². The zero-order valence-electron chi connectivity index (χ0n) is 17.5. The van der Waals surface area contributed by atoms with Gasteiger partial charge in [0.1, 0.15) is 6.54 Å². The normalized spacial score (nSPS) is 18.7. The number of aromatic nitrogens is 2. The molecule has 0 spiro atoms. The Hall–Kier alpha value is -3.00. The molecule has 0 radical (unpaired) electrons. The summed E-state index contributed by atoms with van der Waals surface area (Å²) in [7, 11) is 0. The van der Waals surface area contributed by atoms with E-state index >= 15 is 0 Å². The van der Waals surface area contributed by atoms with Crippen LogP contribution in [0.2, 0.25) is 0 Å². The van der Waals surface area contributed by atoms with Crippen LogP contribution in [0.3, 0.4) is 0 Å². The predicted molar refractivity (Wildman–Crippen MR) is 121 cm³/mol. The molecule has 2 heterocycles. The van der Waals surface area contributed by atoms with E-state index in [2.05, 4.69) is 16.5 Å². The average Bonchev–Trinajstić information content (AvgIpc) is 3.15. The van der Waals surface area contributed by atoms with Gasteiger partial charge in [-0.1, -0.05) is 18.2 Å². The molecule has 162 valence electrons. The van der Waals surface area contributed by atoms with Crippen molar-refractivity contribution in [2.75, 3.05) is 6.54 Å². The second kappa shape index (κ2) is 9.01. The van der Waals surface area contributed by atoms with Gasteiger partial charge in [-0.3, -0.25) is 14.4 Å². The van der Waals surface area contributed by atoms with Crippen LogP contribution < -0.4 is 16.6 Å². The summed E-state index contributed by atoms with van der Waals surface area (Å²) in [6, 6.07) is 11.1. The minimum atomic E-state index is -0.356. The van der Waals surface area contributed by atoms with E-state index in [1.807, 2.05) is 18.2 Å². The van der Waals surface area contributed by atoms with E-state index in [9.17, 15) is 14.4 Å². The van der Waals surface area contributed by atoms with Gasteiger partial charge in [-0.05, 0) is 67.5 Å². The molecule has 8 heteroatoms. The maximum absolute atomic E-state index is 12.3. The Morgan fingerprint density at radius 1 is 1.16 bits per heavy atom. The van der Waals surface area contributed by atoms with Crippen LogP contribution in [-0.4, -0.2) is 28.1 Å². The van der Waals surface area contributed by atoms with E-state index in [1.54, 1.807) is 13.0 Å². The van der Waals surface area contributed by atoms with Crippen LogP contribution in [-0.2, 0) is 11.3 Å². The smallest absolute Gasteiger partial charge is 0.267 e. The Bertz CT molecular complexity index is 1180. The molecule has 2 aromatic heterocycles. The molecule has 0 atom stereocenters. The number of aryl methyl sites for hydroxylation is 1. The first kappa shape index (κ1) is 21.2. The van der Waals surface area contributed by atoms with Gasteiger partial charge in [0, 0.05) is 17.3 Å². The average molecular weight is 439 g/mol. The maximum atomic E-state index is 12.3. The predicted octanol–water partition coefficient (Wildman–Crippen LogP) is 2.96. The van der Waals surface area contributed by atoms with E-state index in [1.165, 1.54) is 22.1 Å². The molecule has 0 bridgehead atoms. The number of thiophene rings is 1. The van der Waals surface area contributed by atoms with Crippen molar-refractivity contribution in [3.05, 3.63) is 62.9 Å². The summed E-state index contributed by atoms with van der Waals surface area (Å²) < 4.78 is 2.29. The maximum Gasteiger partial charge on any atom is 0.267 e. The number of carbonyl (C=O) groups excluding carboxylic acids is 2. The van der Waals surface area contributed by atoms with Crippen molar-refractivity contribution in [2.24, 2.45) is 11.7 Å². The highest BCUT2D eigenvalue weighted by Crippen LogP contribution is 2.43. The summed E-state index contributed by atoms with van der Waals surface area (Å²) >= 11 is 1.48. The van der Waals surface area contributed by atoms with Crippen molar-refractivity contribution in [3.8, 4) is 0 Å². The summed E-state index contributed by atoms with van der Waals surface area (Å²) in [4.78, 5) is 36.8. The molecule has 1 fully saturated rings. The number of hydrogen-bond donors (Lipinski definition) is 2. The van der Waals surface area contributed by atoms with Crippen LogP contribution in [0.25, 0.3) is 10.1 Å². The van der Waals surface area contributed by atoms with Gasteiger partial charge >= 0.3 is 0 Å². The van der Waals surface area contributed by atoms with Crippen molar-refractivity contribution in [1.82, 2.24) is 15.1 Å². The van der Waals surface area contributed by atoms with Gasteiger partial charge in [0.25, 0.3) is 11.5 Å². The van der Waals surface area contributed by atoms with E-state index in [-0.39, 0.29) is 23.9 Å². The number of amides is 2. The van der Waals surface area contributed by atoms with Gasteiger partial charge in [-0.2, -0.15) is 5.10 Å². The van der Waals surface area contributed by atoms with Crippen LogP contribution in [0.1, 0.15) is 52.5 Å². The van der Waals surface area contributed by atoms with Gasteiger partial charge in [0.2, 0.25) is 5.91 Å². The highest BCUT2D eigenvalue weighted by Gasteiger charge is 2.28. The molecule has 1 aliphatic carbocycles. The summed E-state index contributed by atoms with van der Waals surface area (Å²) in [5.41, 5.74) is 7.18. The minimum Gasteiger partial charge on any atom is -0.365 e. The summed E-state index contributed by atoms with van der Waals surface area (Å²) in [5, 5.41) is 8.18. The number of nitrogens with two attached hydrogens (primary N) is 1.